The molecule has 0 amide bonds. The van der Waals surface area contributed by atoms with Gasteiger partial charge in [-0.2, -0.15) is 10.2 Å². The fourth-order valence-electron chi connectivity index (χ4n) is 3.09. The molecule has 1 heterocycles. The van der Waals surface area contributed by atoms with E-state index in [0.29, 0.717) is 25.1 Å². The van der Waals surface area contributed by atoms with Gasteiger partial charge < -0.3 is 10.1 Å². The van der Waals surface area contributed by atoms with Crippen LogP contribution in [0.2, 0.25) is 0 Å². The molecule has 0 saturated carbocycles. The smallest absolute Gasteiger partial charge is 0.375 e. The Labute approximate surface area is 148 Å². The number of nitriles is 1. The molecule has 0 spiro atoms. The quantitative estimate of drug-likeness (QED) is 0.803. The minimum absolute atomic E-state index is 0.0302. The fraction of sp³-hybridized carbons (Fsp3) is 0.316. The minimum atomic E-state index is -2.32. The average Bonchev–Trinajstić information content (AvgIpc) is 2.67. The van der Waals surface area contributed by atoms with Crippen LogP contribution >= 0.6 is 8.03 Å². The zero-order valence-electron chi connectivity index (χ0n) is 13.7. The van der Waals surface area contributed by atoms with E-state index in [-0.39, 0.29) is 12.1 Å². The van der Waals surface area contributed by atoms with E-state index in [1.807, 2.05) is 48.5 Å². The number of nitrogens with one attached hydrogen (secondary N) is 1. The van der Waals surface area contributed by atoms with E-state index < -0.39 is 13.7 Å². The van der Waals surface area contributed by atoms with Crippen molar-refractivity contribution in [3.05, 3.63) is 71.3 Å². The van der Waals surface area contributed by atoms with Gasteiger partial charge in [-0.1, -0.05) is 42.5 Å². The highest BCUT2D eigenvalue weighted by molar-refractivity contribution is 7.38. The van der Waals surface area contributed by atoms with Crippen LogP contribution in [0.3, 0.4) is 0 Å². The van der Waals surface area contributed by atoms with Gasteiger partial charge in [-0.3, -0.25) is 0 Å². The molecular weight excluding hydrogens is 335 g/mol. The van der Waals surface area contributed by atoms with Gasteiger partial charge in [0.25, 0.3) is 0 Å². The Balaban J connectivity index is 1.62. The summed E-state index contributed by atoms with van der Waals surface area (Å²) in [5.74, 6) is 0. The largest absolute Gasteiger partial charge is 0.513 e. The van der Waals surface area contributed by atoms with Gasteiger partial charge in [0.1, 0.15) is 0 Å². The number of morpholine rings is 1. The number of hydrogen-bond acceptors (Lipinski definition) is 4. The van der Waals surface area contributed by atoms with Crippen LogP contribution in [0.1, 0.15) is 34.8 Å². The summed E-state index contributed by atoms with van der Waals surface area (Å²) in [5.41, 5.74) is 2.08. The molecular formula is C19H20N2O3P+. The van der Waals surface area contributed by atoms with E-state index in [4.69, 9.17) is 10.00 Å². The summed E-state index contributed by atoms with van der Waals surface area (Å²) in [4.78, 5) is 9.69. The SMILES string of the molecule is N#Cc1cccc(C2COC(CC(c3ccccc3)[P+](=O)O)CN2)c1. The molecule has 5 nitrogen and oxygen atoms in total. The van der Waals surface area contributed by atoms with E-state index >= 15 is 0 Å². The summed E-state index contributed by atoms with van der Waals surface area (Å²) in [5, 5.41) is 12.4. The molecule has 0 aromatic heterocycles. The van der Waals surface area contributed by atoms with Crippen LogP contribution in [-0.4, -0.2) is 24.1 Å². The Hall–Kier alpha value is -2.09. The van der Waals surface area contributed by atoms with Gasteiger partial charge in [-0.05, 0) is 22.3 Å². The van der Waals surface area contributed by atoms with Crippen molar-refractivity contribution in [2.75, 3.05) is 13.2 Å². The van der Waals surface area contributed by atoms with E-state index in [1.165, 1.54) is 0 Å². The Morgan fingerprint density at radius 1 is 1.28 bits per heavy atom. The first-order valence-electron chi connectivity index (χ1n) is 8.22. The number of hydrogen-bond donors (Lipinski definition) is 2. The molecule has 128 valence electrons. The molecule has 4 atom stereocenters. The van der Waals surface area contributed by atoms with Crippen LogP contribution in [0.4, 0.5) is 0 Å². The molecule has 2 aromatic rings. The first-order valence-corrected chi connectivity index (χ1v) is 9.50. The molecule has 2 N–H and O–H groups in total. The molecule has 0 bridgehead atoms. The number of rotatable bonds is 5. The monoisotopic (exact) mass is 355 g/mol. The Kier molecular flexibility index (Phi) is 5.91. The summed E-state index contributed by atoms with van der Waals surface area (Å²) >= 11 is 0. The lowest BCUT2D eigenvalue weighted by Gasteiger charge is -2.31. The van der Waals surface area contributed by atoms with Crippen molar-refractivity contribution in [3.8, 4) is 6.07 Å². The fourth-order valence-corrected chi connectivity index (χ4v) is 3.93. The zero-order valence-corrected chi connectivity index (χ0v) is 14.6. The highest BCUT2D eigenvalue weighted by Crippen LogP contribution is 2.41. The maximum absolute atomic E-state index is 11.8. The molecule has 3 rings (SSSR count). The van der Waals surface area contributed by atoms with Crippen molar-refractivity contribution in [3.63, 3.8) is 0 Å². The molecule has 6 heteroatoms. The van der Waals surface area contributed by atoms with E-state index in [0.717, 1.165) is 11.1 Å². The van der Waals surface area contributed by atoms with E-state index in [2.05, 4.69) is 11.4 Å². The van der Waals surface area contributed by atoms with Gasteiger partial charge in [0, 0.05) is 18.5 Å². The van der Waals surface area contributed by atoms with Crippen molar-refractivity contribution >= 4 is 8.03 Å². The number of ether oxygens (including phenoxy) is 1. The molecule has 1 fully saturated rings. The van der Waals surface area contributed by atoms with Crippen LogP contribution in [0.25, 0.3) is 0 Å². The third kappa shape index (κ3) is 4.50. The molecule has 4 unspecified atom stereocenters. The second-order valence-corrected chi connectivity index (χ2v) is 7.35. The topological polar surface area (TPSA) is 82.3 Å². The Morgan fingerprint density at radius 3 is 2.72 bits per heavy atom. The van der Waals surface area contributed by atoms with Crippen LogP contribution in [-0.2, 0) is 9.30 Å². The summed E-state index contributed by atoms with van der Waals surface area (Å²) < 4.78 is 17.7. The Morgan fingerprint density at radius 2 is 2.08 bits per heavy atom. The highest BCUT2D eigenvalue weighted by Gasteiger charge is 2.35. The maximum atomic E-state index is 11.8. The molecule has 2 aromatic carbocycles. The van der Waals surface area contributed by atoms with Crippen molar-refractivity contribution in [1.29, 1.82) is 5.26 Å². The van der Waals surface area contributed by atoms with Crippen molar-refractivity contribution in [1.82, 2.24) is 5.32 Å². The van der Waals surface area contributed by atoms with Crippen LogP contribution in [0.15, 0.2) is 54.6 Å². The van der Waals surface area contributed by atoms with Gasteiger partial charge in [0.05, 0.1) is 30.4 Å². The minimum Gasteiger partial charge on any atom is -0.375 e. The first kappa shape index (κ1) is 17.7. The lowest BCUT2D eigenvalue weighted by Crippen LogP contribution is -2.41. The van der Waals surface area contributed by atoms with Crippen molar-refractivity contribution < 1.29 is 14.2 Å². The number of nitrogens with zero attached hydrogens (tertiary/aromatic N) is 1. The average molecular weight is 355 g/mol. The van der Waals surface area contributed by atoms with Crippen LogP contribution in [0.5, 0.6) is 0 Å². The Bertz CT molecular complexity index is 768. The van der Waals surface area contributed by atoms with Crippen LogP contribution < -0.4 is 5.32 Å². The van der Waals surface area contributed by atoms with E-state index in [1.54, 1.807) is 6.07 Å². The molecule has 25 heavy (non-hydrogen) atoms. The standard InChI is InChI=1S/C19H19N2O3P/c20-11-14-5-4-8-16(9-14)18-13-24-17(12-21-18)10-19(25(22)23)15-6-2-1-3-7-15/h1-9,17-19,21H,10,12-13H2/p+1. The van der Waals surface area contributed by atoms with E-state index in [9.17, 15) is 9.46 Å². The lowest BCUT2D eigenvalue weighted by molar-refractivity contribution is -0.00145. The third-order valence-corrected chi connectivity index (χ3v) is 5.49. The second kappa shape index (κ2) is 8.33. The molecule has 1 aliphatic rings. The molecule has 0 radical (unpaired) electrons. The zero-order chi connectivity index (χ0) is 17.6. The predicted octanol–water partition coefficient (Wildman–Crippen LogP) is 3.45. The van der Waals surface area contributed by atoms with Crippen LogP contribution in [0, 0.1) is 11.3 Å². The summed E-state index contributed by atoms with van der Waals surface area (Å²) in [6.07, 6.45) is 0.375. The third-order valence-electron chi connectivity index (χ3n) is 4.45. The van der Waals surface area contributed by atoms with Crippen molar-refractivity contribution in [2.24, 2.45) is 0 Å². The summed E-state index contributed by atoms with van der Waals surface area (Å²) in [6, 6.07) is 19.0. The maximum Gasteiger partial charge on any atom is 0.513 e. The van der Waals surface area contributed by atoms with Gasteiger partial charge in [0.15, 0.2) is 0 Å². The summed E-state index contributed by atoms with van der Waals surface area (Å²) in [6.45, 7) is 1.08. The molecule has 0 aliphatic carbocycles. The molecule has 1 aliphatic heterocycles. The molecule has 1 saturated heterocycles. The first-order chi connectivity index (χ1) is 12.2. The highest BCUT2D eigenvalue weighted by atomic mass is 31.1. The van der Waals surface area contributed by atoms with Crippen molar-refractivity contribution in [2.45, 2.75) is 24.2 Å². The normalized spacial score (nSPS) is 22.0. The second-order valence-electron chi connectivity index (χ2n) is 6.12. The lowest BCUT2D eigenvalue weighted by atomic mass is 10.0. The van der Waals surface area contributed by atoms with Gasteiger partial charge in [-0.15, -0.1) is 0 Å². The van der Waals surface area contributed by atoms with Gasteiger partial charge in [0.2, 0.25) is 5.66 Å². The predicted molar refractivity (Wildman–Crippen MR) is 95.3 cm³/mol. The van der Waals surface area contributed by atoms with Gasteiger partial charge >= 0.3 is 8.03 Å². The van der Waals surface area contributed by atoms with Gasteiger partial charge in [-0.25, -0.2) is 0 Å². The summed E-state index contributed by atoms with van der Waals surface area (Å²) in [7, 11) is -2.32. The number of benzene rings is 2.